The van der Waals surface area contributed by atoms with Crippen molar-refractivity contribution in [3.05, 3.63) is 64.4 Å². The Balaban J connectivity index is 1.54. The van der Waals surface area contributed by atoms with Crippen molar-refractivity contribution in [1.82, 2.24) is 20.3 Å². The molecule has 1 fully saturated rings. The molecule has 0 spiro atoms. The number of hydrogen-bond acceptors (Lipinski definition) is 6. The normalized spacial score (nSPS) is 16.6. The molecule has 162 valence electrons. The molecular weight excluding hydrogens is 396 g/mol. The zero-order chi connectivity index (χ0) is 21.8. The van der Waals surface area contributed by atoms with Crippen LogP contribution in [0.25, 0.3) is 10.9 Å². The number of carbonyl (C=O) groups excluding carboxylic acids is 1. The lowest BCUT2D eigenvalue weighted by molar-refractivity contribution is -0.124. The number of nitrogens with one attached hydrogen (secondary N) is 1. The lowest BCUT2D eigenvalue weighted by Gasteiger charge is -2.38. The maximum Gasteiger partial charge on any atom is 0.278 e. The maximum absolute atomic E-state index is 13.0. The molecule has 0 radical (unpaired) electrons. The first kappa shape index (κ1) is 21.0. The maximum atomic E-state index is 13.0. The van der Waals surface area contributed by atoms with E-state index in [0.717, 1.165) is 28.8 Å². The average molecular weight is 422 g/mol. The van der Waals surface area contributed by atoms with Gasteiger partial charge in [0.15, 0.2) is 0 Å². The molecule has 0 saturated carbocycles. The van der Waals surface area contributed by atoms with Gasteiger partial charge in [0.05, 0.1) is 12.5 Å². The minimum Gasteiger partial charge on any atom is -0.497 e. The number of nitrogens with zero attached hydrogens (tertiary/aromatic N) is 3. The summed E-state index contributed by atoms with van der Waals surface area (Å²) in [4.78, 5) is 25.7. The zero-order valence-electron chi connectivity index (χ0n) is 17.7. The number of fused-ring (bicyclic) bond motifs is 1. The summed E-state index contributed by atoms with van der Waals surface area (Å²) in [5, 5.41) is 11.5. The highest BCUT2D eigenvalue weighted by Gasteiger charge is 2.35. The van der Waals surface area contributed by atoms with Crippen LogP contribution in [0.5, 0.6) is 5.75 Å². The van der Waals surface area contributed by atoms with E-state index in [9.17, 15) is 9.59 Å². The van der Waals surface area contributed by atoms with E-state index in [4.69, 9.17) is 9.47 Å². The van der Waals surface area contributed by atoms with Crippen molar-refractivity contribution in [2.24, 2.45) is 0 Å². The Kier molecular flexibility index (Phi) is 5.99. The number of hydrogen-bond donors (Lipinski definition) is 1. The first-order valence-electron chi connectivity index (χ1n) is 10.4. The summed E-state index contributed by atoms with van der Waals surface area (Å²) in [6, 6.07) is 14.1. The molecule has 1 aliphatic rings. The minimum atomic E-state index is -0.780. The third kappa shape index (κ3) is 4.16. The fourth-order valence-corrected chi connectivity index (χ4v) is 4.04. The third-order valence-electron chi connectivity index (χ3n) is 6.09. The Morgan fingerprint density at radius 2 is 1.90 bits per heavy atom. The highest BCUT2D eigenvalue weighted by molar-refractivity contribution is 5.81. The van der Waals surface area contributed by atoms with Crippen molar-refractivity contribution < 1.29 is 14.3 Å². The number of benzene rings is 2. The van der Waals surface area contributed by atoms with E-state index in [1.165, 1.54) is 0 Å². The van der Waals surface area contributed by atoms with E-state index in [-0.39, 0.29) is 16.9 Å². The number of ether oxygens (including phenoxy) is 2. The minimum absolute atomic E-state index is 0.236. The van der Waals surface area contributed by atoms with Gasteiger partial charge in [-0.2, -0.15) is 4.68 Å². The Hall–Kier alpha value is -3.26. The van der Waals surface area contributed by atoms with Crippen LogP contribution >= 0.6 is 0 Å². The molecule has 1 unspecified atom stereocenters. The molecule has 1 atom stereocenters. The van der Waals surface area contributed by atoms with Crippen LogP contribution in [0.15, 0.2) is 53.3 Å². The summed E-state index contributed by atoms with van der Waals surface area (Å²) in [6.07, 6.45) is 1.59. The van der Waals surface area contributed by atoms with Gasteiger partial charge in [0.25, 0.3) is 5.56 Å². The van der Waals surface area contributed by atoms with E-state index < -0.39 is 6.04 Å². The molecule has 8 heteroatoms. The zero-order valence-corrected chi connectivity index (χ0v) is 17.7. The summed E-state index contributed by atoms with van der Waals surface area (Å²) in [6.45, 7) is 3.37. The van der Waals surface area contributed by atoms with Crippen molar-refractivity contribution in [3.8, 4) is 5.75 Å². The van der Waals surface area contributed by atoms with Gasteiger partial charge in [-0.05, 0) is 49.6 Å². The predicted octanol–water partition coefficient (Wildman–Crippen LogP) is 2.23. The van der Waals surface area contributed by atoms with Gasteiger partial charge in [0.1, 0.15) is 17.3 Å². The molecule has 31 heavy (non-hydrogen) atoms. The standard InChI is InChI=1S/C23H26N4O4/c1-16(27-22(29)19-5-3-4-6-20(19)25-26-27)21(28)24-15-23(11-13-31-14-12-23)17-7-9-18(30-2)10-8-17/h3-10,16H,11-15H2,1-2H3,(H,24,28). The van der Waals surface area contributed by atoms with Crippen LogP contribution in [-0.2, 0) is 14.9 Å². The lowest BCUT2D eigenvalue weighted by Crippen LogP contribution is -2.47. The second-order valence-corrected chi connectivity index (χ2v) is 7.87. The molecule has 2 heterocycles. The number of methoxy groups -OCH3 is 1. The van der Waals surface area contributed by atoms with E-state index in [1.54, 1.807) is 38.3 Å². The fraction of sp³-hybridized carbons (Fsp3) is 0.391. The molecule has 1 saturated heterocycles. The van der Waals surface area contributed by atoms with Crippen LogP contribution in [0.4, 0.5) is 0 Å². The molecule has 8 nitrogen and oxygen atoms in total. The highest BCUT2D eigenvalue weighted by Crippen LogP contribution is 2.35. The quantitative estimate of drug-likeness (QED) is 0.655. The molecule has 2 aromatic carbocycles. The lowest BCUT2D eigenvalue weighted by atomic mass is 9.74. The number of rotatable bonds is 6. The van der Waals surface area contributed by atoms with Gasteiger partial charge < -0.3 is 14.8 Å². The van der Waals surface area contributed by atoms with Crippen LogP contribution in [-0.4, -0.2) is 47.8 Å². The summed E-state index contributed by atoms with van der Waals surface area (Å²) in [7, 11) is 1.64. The Morgan fingerprint density at radius 1 is 1.19 bits per heavy atom. The van der Waals surface area contributed by atoms with Crippen LogP contribution in [0, 0.1) is 0 Å². The predicted molar refractivity (Wildman–Crippen MR) is 116 cm³/mol. The number of aromatic nitrogens is 3. The largest absolute Gasteiger partial charge is 0.497 e. The van der Waals surface area contributed by atoms with Gasteiger partial charge in [-0.1, -0.05) is 29.5 Å². The van der Waals surface area contributed by atoms with Gasteiger partial charge in [-0.3, -0.25) is 9.59 Å². The van der Waals surface area contributed by atoms with Gasteiger partial charge in [0.2, 0.25) is 5.91 Å². The summed E-state index contributed by atoms with van der Waals surface area (Å²) in [5.74, 6) is 0.518. The summed E-state index contributed by atoms with van der Waals surface area (Å²) in [5.41, 5.74) is 1.08. The van der Waals surface area contributed by atoms with E-state index in [1.807, 2.05) is 24.3 Å². The molecular formula is C23H26N4O4. The Morgan fingerprint density at radius 3 is 2.61 bits per heavy atom. The third-order valence-corrected chi connectivity index (χ3v) is 6.09. The number of amides is 1. The molecule has 1 aliphatic heterocycles. The van der Waals surface area contributed by atoms with Crippen LogP contribution in [0.2, 0.25) is 0 Å². The molecule has 1 N–H and O–H groups in total. The SMILES string of the molecule is COc1ccc(C2(CNC(=O)C(C)n3nnc4ccccc4c3=O)CCOCC2)cc1. The molecule has 4 rings (SSSR count). The fourth-order valence-electron chi connectivity index (χ4n) is 4.04. The molecule has 1 amide bonds. The van der Waals surface area contributed by atoms with Crippen LogP contribution in [0.3, 0.4) is 0 Å². The molecule has 1 aromatic heterocycles. The first-order valence-corrected chi connectivity index (χ1v) is 10.4. The monoisotopic (exact) mass is 422 g/mol. The topological polar surface area (TPSA) is 95.3 Å². The molecule has 0 aliphatic carbocycles. The number of carbonyl (C=O) groups is 1. The van der Waals surface area contributed by atoms with E-state index in [2.05, 4.69) is 15.6 Å². The van der Waals surface area contributed by atoms with Crippen molar-refractivity contribution in [2.45, 2.75) is 31.2 Å². The van der Waals surface area contributed by atoms with Gasteiger partial charge >= 0.3 is 0 Å². The van der Waals surface area contributed by atoms with Crippen molar-refractivity contribution in [2.75, 3.05) is 26.9 Å². The van der Waals surface area contributed by atoms with Crippen molar-refractivity contribution in [3.63, 3.8) is 0 Å². The second-order valence-electron chi connectivity index (χ2n) is 7.87. The smallest absolute Gasteiger partial charge is 0.278 e. The van der Waals surface area contributed by atoms with Gasteiger partial charge in [-0.25, -0.2) is 0 Å². The van der Waals surface area contributed by atoms with E-state index >= 15 is 0 Å². The molecule has 0 bridgehead atoms. The first-order chi connectivity index (χ1) is 15.0. The van der Waals surface area contributed by atoms with Crippen molar-refractivity contribution >= 4 is 16.8 Å². The van der Waals surface area contributed by atoms with E-state index in [0.29, 0.717) is 30.7 Å². The second kappa shape index (κ2) is 8.85. The Bertz CT molecular complexity index is 1120. The summed E-state index contributed by atoms with van der Waals surface area (Å²) >= 11 is 0. The summed E-state index contributed by atoms with van der Waals surface area (Å²) < 4.78 is 12.0. The van der Waals surface area contributed by atoms with Crippen molar-refractivity contribution in [1.29, 1.82) is 0 Å². The van der Waals surface area contributed by atoms with Crippen LogP contribution in [0.1, 0.15) is 31.4 Å². The highest BCUT2D eigenvalue weighted by atomic mass is 16.5. The van der Waals surface area contributed by atoms with Gasteiger partial charge in [-0.15, -0.1) is 5.10 Å². The van der Waals surface area contributed by atoms with Gasteiger partial charge in [0, 0.05) is 25.2 Å². The molecule has 3 aromatic rings. The Labute approximate surface area is 180 Å². The van der Waals surface area contributed by atoms with Crippen LogP contribution < -0.4 is 15.6 Å². The average Bonchev–Trinajstić information content (AvgIpc) is 2.83.